The molecule has 1 saturated heterocycles. The van der Waals surface area contributed by atoms with Crippen molar-refractivity contribution in [3.05, 3.63) is 69.7 Å². The molecule has 26 heavy (non-hydrogen) atoms. The molecule has 1 aliphatic rings. The summed E-state index contributed by atoms with van der Waals surface area (Å²) in [7, 11) is 0. The van der Waals surface area contributed by atoms with Gasteiger partial charge in [-0.2, -0.15) is 0 Å². The van der Waals surface area contributed by atoms with Crippen LogP contribution >= 0.6 is 23.2 Å². The molecule has 0 spiro atoms. The summed E-state index contributed by atoms with van der Waals surface area (Å²) in [6.45, 7) is 2.13. The van der Waals surface area contributed by atoms with E-state index in [4.69, 9.17) is 23.2 Å². The van der Waals surface area contributed by atoms with Crippen molar-refractivity contribution in [3.63, 3.8) is 0 Å². The highest BCUT2D eigenvalue weighted by molar-refractivity contribution is 6.30. The average molecular weight is 392 g/mol. The van der Waals surface area contributed by atoms with Crippen LogP contribution in [-0.2, 0) is 17.9 Å². The molecule has 0 radical (unpaired) electrons. The van der Waals surface area contributed by atoms with E-state index in [0.717, 1.165) is 11.1 Å². The largest absolute Gasteiger partial charge is 0.350 e. The summed E-state index contributed by atoms with van der Waals surface area (Å²) in [6.07, 6.45) is 0. The first kappa shape index (κ1) is 18.5. The lowest BCUT2D eigenvalue weighted by molar-refractivity contribution is -0.121. The molecule has 1 fully saturated rings. The number of hydrogen-bond acceptors (Lipinski definition) is 2. The predicted molar refractivity (Wildman–Crippen MR) is 102 cm³/mol. The van der Waals surface area contributed by atoms with Crippen molar-refractivity contribution in [1.29, 1.82) is 0 Å². The van der Waals surface area contributed by atoms with Gasteiger partial charge in [-0.3, -0.25) is 4.79 Å². The highest BCUT2D eigenvalue weighted by atomic mass is 35.5. The SMILES string of the molecule is O=C(CN1CCN(Cc2ccc(Cl)cc2)C1=O)NCc1ccc(Cl)cc1. The molecule has 0 atom stereocenters. The molecule has 136 valence electrons. The lowest BCUT2D eigenvalue weighted by Gasteiger charge is -2.18. The minimum atomic E-state index is -0.179. The Morgan fingerprint density at radius 2 is 1.42 bits per heavy atom. The Morgan fingerprint density at radius 1 is 0.885 bits per heavy atom. The smallest absolute Gasteiger partial charge is 0.320 e. The van der Waals surface area contributed by atoms with Gasteiger partial charge in [0.25, 0.3) is 0 Å². The summed E-state index contributed by atoms with van der Waals surface area (Å²) in [4.78, 5) is 27.9. The van der Waals surface area contributed by atoms with E-state index in [1.165, 1.54) is 0 Å². The van der Waals surface area contributed by atoms with Crippen LogP contribution in [0, 0.1) is 0 Å². The monoisotopic (exact) mass is 391 g/mol. The molecule has 5 nitrogen and oxygen atoms in total. The number of halogens is 2. The zero-order chi connectivity index (χ0) is 18.5. The van der Waals surface area contributed by atoms with Gasteiger partial charge in [-0.1, -0.05) is 47.5 Å². The number of nitrogens with one attached hydrogen (secondary N) is 1. The first-order valence-corrected chi connectivity index (χ1v) is 9.06. The number of hydrogen-bond donors (Lipinski definition) is 1. The van der Waals surface area contributed by atoms with E-state index in [-0.39, 0.29) is 18.5 Å². The third kappa shape index (κ3) is 4.90. The fraction of sp³-hybridized carbons (Fsp3) is 0.263. The molecule has 3 amide bonds. The van der Waals surface area contributed by atoms with Crippen LogP contribution in [0.25, 0.3) is 0 Å². The predicted octanol–water partition coefficient (Wildman–Crippen LogP) is 3.55. The number of urea groups is 1. The van der Waals surface area contributed by atoms with Crippen LogP contribution in [0.5, 0.6) is 0 Å². The fourth-order valence-corrected chi connectivity index (χ4v) is 3.02. The molecule has 1 heterocycles. The highest BCUT2D eigenvalue weighted by Gasteiger charge is 2.29. The molecule has 1 aliphatic heterocycles. The van der Waals surface area contributed by atoms with Crippen molar-refractivity contribution in [1.82, 2.24) is 15.1 Å². The molecule has 0 aliphatic carbocycles. The second-order valence-electron chi connectivity index (χ2n) is 6.16. The van der Waals surface area contributed by atoms with Gasteiger partial charge in [0, 0.05) is 36.2 Å². The summed E-state index contributed by atoms with van der Waals surface area (Å²) in [5, 5.41) is 4.15. The Bertz CT molecular complexity index is 778. The zero-order valence-corrected chi connectivity index (χ0v) is 15.6. The number of benzene rings is 2. The summed E-state index contributed by atoms with van der Waals surface area (Å²) >= 11 is 11.7. The van der Waals surface area contributed by atoms with Crippen molar-refractivity contribution in [2.24, 2.45) is 0 Å². The van der Waals surface area contributed by atoms with Gasteiger partial charge in [0.1, 0.15) is 6.54 Å². The van der Waals surface area contributed by atoms with E-state index < -0.39 is 0 Å². The van der Waals surface area contributed by atoms with Crippen LogP contribution in [0.15, 0.2) is 48.5 Å². The molecule has 1 N–H and O–H groups in total. The van der Waals surface area contributed by atoms with Gasteiger partial charge in [-0.05, 0) is 35.4 Å². The first-order valence-electron chi connectivity index (χ1n) is 8.31. The lowest BCUT2D eigenvalue weighted by atomic mass is 10.2. The summed E-state index contributed by atoms with van der Waals surface area (Å²) in [6, 6.07) is 14.6. The van der Waals surface area contributed by atoms with Gasteiger partial charge in [0.2, 0.25) is 5.91 Å². The molecule has 0 saturated carbocycles. The third-order valence-corrected chi connectivity index (χ3v) is 4.71. The first-order chi connectivity index (χ1) is 12.5. The standard InChI is InChI=1S/C19H19Cl2N3O2/c20-16-5-1-14(2-6-16)11-22-18(25)13-24-10-9-23(19(24)26)12-15-3-7-17(21)8-4-15/h1-8H,9-13H2,(H,22,25). The number of amides is 3. The zero-order valence-electron chi connectivity index (χ0n) is 14.1. The maximum absolute atomic E-state index is 12.5. The van der Waals surface area contributed by atoms with E-state index in [0.29, 0.717) is 36.2 Å². The Labute approximate surface area is 162 Å². The molecule has 2 aromatic rings. The van der Waals surface area contributed by atoms with Crippen LogP contribution in [0.4, 0.5) is 4.79 Å². The Balaban J connectivity index is 1.47. The quantitative estimate of drug-likeness (QED) is 0.818. The molecular formula is C19H19Cl2N3O2. The van der Waals surface area contributed by atoms with E-state index in [9.17, 15) is 9.59 Å². The number of carbonyl (C=O) groups excluding carboxylic acids is 2. The molecule has 7 heteroatoms. The average Bonchev–Trinajstić information content (AvgIpc) is 2.96. The highest BCUT2D eigenvalue weighted by Crippen LogP contribution is 2.15. The molecule has 0 bridgehead atoms. The molecule has 0 unspecified atom stereocenters. The van der Waals surface area contributed by atoms with Crippen LogP contribution in [0.2, 0.25) is 10.0 Å². The number of carbonyl (C=O) groups is 2. The summed E-state index contributed by atoms with van der Waals surface area (Å²) < 4.78 is 0. The Kier molecular flexibility index (Phi) is 6.01. The Hall–Kier alpha value is -2.24. The van der Waals surface area contributed by atoms with Gasteiger partial charge in [-0.15, -0.1) is 0 Å². The molecule has 0 aromatic heterocycles. The fourth-order valence-electron chi connectivity index (χ4n) is 2.77. The third-order valence-electron chi connectivity index (χ3n) is 4.20. The van der Waals surface area contributed by atoms with Crippen LogP contribution in [0.3, 0.4) is 0 Å². The van der Waals surface area contributed by atoms with Crippen LogP contribution < -0.4 is 5.32 Å². The van der Waals surface area contributed by atoms with Crippen molar-refractivity contribution in [3.8, 4) is 0 Å². The van der Waals surface area contributed by atoms with E-state index in [1.807, 2.05) is 24.3 Å². The topological polar surface area (TPSA) is 52.7 Å². The van der Waals surface area contributed by atoms with Crippen LogP contribution in [-0.4, -0.2) is 41.4 Å². The Morgan fingerprint density at radius 3 is 2.04 bits per heavy atom. The van der Waals surface area contributed by atoms with Crippen molar-refractivity contribution >= 4 is 35.1 Å². The molecule has 2 aromatic carbocycles. The number of nitrogens with zero attached hydrogens (tertiary/aromatic N) is 2. The van der Waals surface area contributed by atoms with Gasteiger partial charge in [-0.25, -0.2) is 4.79 Å². The second kappa shape index (κ2) is 8.43. The normalized spacial score (nSPS) is 14.0. The van der Waals surface area contributed by atoms with Crippen molar-refractivity contribution in [2.45, 2.75) is 13.1 Å². The minimum Gasteiger partial charge on any atom is -0.350 e. The van der Waals surface area contributed by atoms with Gasteiger partial charge in [0.05, 0.1) is 0 Å². The van der Waals surface area contributed by atoms with Gasteiger partial charge >= 0.3 is 6.03 Å². The van der Waals surface area contributed by atoms with Crippen LogP contribution in [0.1, 0.15) is 11.1 Å². The van der Waals surface area contributed by atoms with Crippen molar-refractivity contribution < 1.29 is 9.59 Å². The lowest BCUT2D eigenvalue weighted by Crippen LogP contribution is -2.39. The van der Waals surface area contributed by atoms with E-state index in [2.05, 4.69) is 5.32 Å². The van der Waals surface area contributed by atoms with Gasteiger partial charge < -0.3 is 15.1 Å². The van der Waals surface area contributed by atoms with Gasteiger partial charge in [0.15, 0.2) is 0 Å². The molecule has 3 rings (SSSR count). The van der Waals surface area contributed by atoms with E-state index >= 15 is 0 Å². The summed E-state index contributed by atoms with van der Waals surface area (Å²) in [5.41, 5.74) is 1.97. The number of rotatable bonds is 6. The second-order valence-corrected chi connectivity index (χ2v) is 7.03. The minimum absolute atomic E-state index is 0.0591. The van der Waals surface area contributed by atoms with Crippen molar-refractivity contribution in [2.75, 3.05) is 19.6 Å². The maximum atomic E-state index is 12.5. The van der Waals surface area contributed by atoms with E-state index in [1.54, 1.807) is 34.1 Å². The maximum Gasteiger partial charge on any atom is 0.320 e. The summed E-state index contributed by atoms with van der Waals surface area (Å²) in [5.74, 6) is -0.179. The molecular weight excluding hydrogens is 373 g/mol.